The van der Waals surface area contributed by atoms with Crippen molar-refractivity contribution < 1.29 is 9.13 Å². The molecule has 2 nitrogen and oxygen atoms in total. The van der Waals surface area contributed by atoms with E-state index in [9.17, 15) is 4.39 Å². The molecule has 1 aliphatic rings. The zero-order chi connectivity index (χ0) is 11.5. The van der Waals surface area contributed by atoms with E-state index in [1.165, 1.54) is 0 Å². The van der Waals surface area contributed by atoms with Crippen molar-refractivity contribution in [1.29, 1.82) is 0 Å². The van der Waals surface area contributed by atoms with E-state index in [2.05, 4.69) is 21.2 Å². The van der Waals surface area contributed by atoms with E-state index in [-0.39, 0.29) is 11.7 Å². The van der Waals surface area contributed by atoms with Crippen molar-refractivity contribution in [3.8, 4) is 5.75 Å². The average molecular weight is 288 g/mol. The first-order valence-electron chi connectivity index (χ1n) is 5.46. The molecule has 0 aliphatic carbocycles. The first kappa shape index (κ1) is 11.9. The minimum absolute atomic E-state index is 0.187. The van der Waals surface area contributed by atoms with E-state index in [0.29, 0.717) is 15.8 Å². The number of benzene rings is 1. The summed E-state index contributed by atoms with van der Waals surface area (Å²) in [7, 11) is 1.59. The van der Waals surface area contributed by atoms with Crippen LogP contribution in [0.25, 0.3) is 0 Å². The highest BCUT2D eigenvalue weighted by molar-refractivity contribution is 9.10. The Morgan fingerprint density at radius 1 is 1.50 bits per heavy atom. The molecule has 1 N–H and O–H groups in total. The van der Waals surface area contributed by atoms with Gasteiger partial charge in [-0.3, -0.25) is 0 Å². The molecule has 1 aromatic rings. The fourth-order valence-electron chi connectivity index (χ4n) is 2.21. The van der Waals surface area contributed by atoms with Gasteiger partial charge < -0.3 is 10.1 Å². The second kappa shape index (κ2) is 5.15. The van der Waals surface area contributed by atoms with Gasteiger partial charge in [-0.05, 0) is 47.4 Å². The summed E-state index contributed by atoms with van der Waals surface area (Å²) < 4.78 is 19.8. The summed E-state index contributed by atoms with van der Waals surface area (Å²) in [5, 5.41) is 3.29. The largest absolute Gasteiger partial charge is 0.496 e. The summed E-state index contributed by atoms with van der Waals surface area (Å²) in [6, 6.07) is 3.50. The molecule has 1 aromatic carbocycles. The molecule has 0 spiro atoms. The molecule has 2 rings (SSSR count). The Hall–Kier alpha value is -0.610. The molecule has 4 heteroatoms. The van der Waals surface area contributed by atoms with Gasteiger partial charge in [-0.15, -0.1) is 0 Å². The van der Waals surface area contributed by atoms with Crippen molar-refractivity contribution in [2.75, 3.05) is 20.2 Å². The normalized spacial score (nSPS) is 20.8. The molecule has 0 aromatic heterocycles. The van der Waals surface area contributed by atoms with E-state index in [1.54, 1.807) is 13.2 Å². The molecular weight excluding hydrogens is 273 g/mol. The molecular formula is C12H15BrFNO. The SMILES string of the molecule is COc1ccc(Br)c(F)c1C1CCCNC1. The Bertz CT molecular complexity index is 378. The summed E-state index contributed by atoms with van der Waals surface area (Å²) >= 11 is 3.23. The van der Waals surface area contributed by atoms with Gasteiger partial charge in [-0.25, -0.2) is 4.39 Å². The fraction of sp³-hybridized carbons (Fsp3) is 0.500. The molecule has 16 heavy (non-hydrogen) atoms. The van der Waals surface area contributed by atoms with Crippen molar-refractivity contribution in [3.05, 3.63) is 28.0 Å². The van der Waals surface area contributed by atoms with E-state index >= 15 is 0 Å². The van der Waals surface area contributed by atoms with Crippen LogP contribution in [0, 0.1) is 5.82 Å². The zero-order valence-corrected chi connectivity index (χ0v) is 10.8. The molecule has 1 fully saturated rings. The number of piperidine rings is 1. The van der Waals surface area contributed by atoms with Gasteiger partial charge in [0.1, 0.15) is 11.6 Å². The highest BCUT2D eigenvalue weighted by atomic mass is 79.9. The summed E-state index contributed by atoms with van der Waals surface area (Å²) in [4.78, 5) is 0. The Balaban J connectivity index is 2.39. The average Bonchev–Trinajstić information content (AvgIpc) is 2.33. The minimum Gasteiger partial charge on any atom is -0.496 e. The first-order valence-corrected chi connectivity index (χ1v) is 6.26. The summed E-state index contributed by atoms with van der Waals surface area (Å²) in [6.45, 7) is 1.85. The number of ether oxygens (including phenoxy) is 1. The molecule has 0 bridgehead atoms. The van der Waals surface area contributed by atoms with Crippen LogP contribution in [-0.4, -0.2) is 20.2 Å². The number of nitrogens with one attached hydrogen (secondary N) is 1. The lowest BCUT2D eigenvalue weighted by Gasteiger charge is -2.25. The first-order chi connectivity index (χ1) is 7.74. The third kappa shape index (κ3) is 2.23. The van der Waals surface area contributed by atoms with Crippen LogP contribution in [0.1, 0.15) is 24.3 Å². The van der Waals surface area contributed by atoms with Crippen LogP contribution in [0.3, 0.4) is 0 Å². The van der Waals surface area contributed by atoms with Crippen molar-refractivity contribution in [2.45, 2.75) is 18.8 Å². The maximum absolute atomic E-state index is 14.1. The van der Waals surface area contributed by atoms with Gasteiger partial charge in [0.2, 0.25) is 0 Å². The summed E-state index contributed by atoms with van der Waals surface area (Å²) in [6.07, 6.45) is 2.09. The van der Waals surface area contributed by atoms with Crippen molar-refractivity contribution >= 4 is 15.9 Å². The fourth-order valence-corrected chi connectivity index (χ4v) is 2.55. The molecule has 0 amide bonds. The number of halogens is 2. The van der Waals surface area contributed by atoms with Gasteiger partial charge in [-0.2, -0.15) is 0 Å². The molecule has 1 unspecified atom stereocenters. The topological polar surface area (TPSA) is 21.3 Å². The second-order valence-corrected chi connectivity index (χ2v) is 4.87. The van der Waals surface area contributed by atoms with Crippen molar-refractivity contribution in [1.82, 2.24) is 5.32 Å². The molecule has 1 atom stereocenters. The lowest BCUT2D eigenvalue weighted by atomic mass is 9.90. The number of methoxy groups -OCH3 is 1. The Kier molecular flexibility index (Phi) is 3.82. The van der Waals surface area contributed by atoms with E-state index in [0.717, 1.165) is 25.9 Å². The van der Waals surface area contributed by atoms with Gasteiger partial charge in [-0.1, -0.05) is 0 Å². The molecule has 88 valence electrons. The molecule has 1 saturated heterocycles. The van der Waals surface area contributed by atoms with E-state index in [1.807, 2.05) is 6.07 Å². The predicted octanol–water partition coefficient (Wildman–Crippen LogP) is 3.06. The molecule has 0 radical (unpaired) electrons. The van der Waals surface area contributed by atoms with Crippen LogP contribution in [0.4, 0.5) is 4.39 Å². The van der Waals surface area contributed by atoms with Gasteiger partial charge >= 0.3 is 0 Å². The van der Waals surface area contributed by atoms with Gasteiger partial charge in [0.15, 0.2) is 0 Å². The number of hydrogen-bond acceptors (Lipinski definition) is 2. The molecule has 1 aliphatic heterocycles. The monoisotopic (exact) mass is 287 g/mol. The van der Waals surface area contributed by atoms with Crippen LogP contribution in [0.15, 0.2) is 16.6 Å². The van der Waals surface area contributed by atoms with E-state index in [4.69, 9.17) is 4.74 Å². The lowest BCUT2D eigenvalue weighted by Crippen LogP contribution is -2.29. The lowest BCUT2D eigenvalue weighted by molar-refractivity contribution is 0.382. The maximum atomic E-state index is 14.1. The van der Waals surface area contributed by atoms with Gasteiger partial charge in [0.25, 0.3) is 0 Å². The van der Waals surface area contributed by atoms with Crippen LogP contribution in [0.2, 0.25) is 0 Å². The Morgan fingerprint density at radius 2 is 2.31 bits per heavy atom. The standard InChI is InChI=1S/C12H15BrFNO/c1-16-10-5-4-9(13)12(14)11(10)8-3-2-6-15-7-8/h4-5,8,15H,2-3,6-7H2,1H3. The van der Waals surface area contributed by atoms with Crippen LogP contribution < -0.4 is 10.1 Å². The Labute approximate surface area is 103 Å². The van der Waals surface area contributed by atoms with Gasteiger partial charge in [0.05, 0.1) is 11.6 Å². The van der Waals surface area contributed by atoms with E-state index < -0.39 is 0 Å². The minimum atomic E-state index is -0.187. The van der Waals surface area contributed by atoms with Crippen LogP contribution in [-0.2, 0) is 0 Å². The maximum Gasteiger partial charge on any atom is 0.144 e. The van der Waals surface area contributed by atoms with Crippen LogP contribution in [0.5, 0.6) is 5.75 Å². The van der Waals surface area contributed by atoms with Gasteiger partial charge in [0, 0.05) is 18.0 Å². The Morgan fingerprint density at radius 3 is 2.94 bits per heavy atom. The van der Waals surface area contributed by atoms with Crippen molar-refractivity contribution in [3.63, 3.8) is 0 Å². The summed E-state index contributed by atoms with van der Waals surface area (Å²) in [5.41, 5.74) is 0.698. The highest BCUT2D eigenvalue weighted by Crippen LogP contribution is 2.36. The number of rotatable bonds is 2. The third-order valence-electron chi connectivity index (χ3n) is 3.02. The van der Waals surface area contributed by atoms with Crippen LogP contribution >= 0.6 is 15.9 Å². The zero-order valence-electron chi connectivity index (χ0n) is 9.22. The third-order valence-corrected chi connectivity index (χ3v) is 3.63. The summed E-state index contributed by atoms with van der Waals surface area (Å²) in [5.74, 6) is 0.670. The quantitative estimate of drug-likeness (QED) is 0.903. The molecule has 1 heterocycles. The van der Waals surface area contributed by atoms with Crippen molar-refractivity contribution in [2.24, 2.45) is 0 Å². The smallest absolute Gasteiger partial charge is 0.144 e. The molecule has 0 saturated carbocycles. The second-order valence-electron chi connectivity index (χ2n) is 4.02. The predicted molar refractivity (Wildman–Crippen MR) is 65.5 cm³/mol. The number of hydrogen-bond donors (Lipinski definition) is 1. The highest BCUT2D eigenvalue weighted by Gasteiger charge is 2.23.